The Kier molecular flexibility index (Phi) is 3.55. The molecular weight excluding hydrogens is 210 g/mol. The lowest BCUT2D eigenvalue weighted by Gasteiger charge is -2.22. The number of amides is 1. The van der Waals surface area contributed by atoms with Crippen LogP contribution in [0.4, 0.5) is 0 Å². The highest BCUT2D eigenvalue weighted by Crippen LogP contribution is 2.12. The molecule has 3 N–H and O–H groups in total. The maximum Gasteiger partial charge on any atom is 0.290 e. The molecule has 1 aromatic heterocycles. The van der Waals surface area contributed by atoms with Crippen molar-refractivity contribution in [2.75, 3.05) is 7.05 Å². The third kappa shape index (κ3) is 2.16. The van der Waals surface area contributed by atoms with Gasteiger partial charge in [0, 0.05) is 12.6 Å². The van der Waals surface area contributed by atoms with Gasteiger partial charge >= 0.3 is 0 Å². The van der Waals surface area contributed by atoms with Crippen LogP contribution in [0.15, 0.2) is 21.9 Å². The van der Waals surface area contributed by atoms with Crippen molar-refractivity contribution in [3.05, 3.63) is 23.7 Å². The molecule has 6 heteroatoms. The summed E-state index contributed by atoms with van der Waals surface area (Å²) >= 11 is 0. The molecule has 0 aliphatic carbocycles. The zero-order valence-electron chi connectivity index (χ0n) is 9.47. The number of amidine groups is 1. The molecule has 16 heavy (non-hydrogen) atoms. The van der Waals surface area contributed by atoms with Gasteiger partial charge in [-0.2, -0.15) is 0 Å². The minimum atomic E-state index is -0.498. The maximum atomic E-state index is 11.9. The van der Waals surface area contributed by atoms with Crippen molar-refractivity contribution in [1.82, 2.24) is 4.90 Å². The summed E-state index contributed by atoms with van der Waals surface area (Å²) in [5.74, 6) is -0.0678. The average Bonchev–Trinajstić information content (AvgIpc) is 2.71. The van der Waals surface area contributed by atoms with Gasteiger partial charge in [0.15, 0.2) is 11.6 Å². The van der Waals surface area contributed by atoms with Crippen LogP contribution < -0.4 is 5.73 Å². The number of nitrogens with two attached hydrogens (primary N) is 1. The Morgan fingerprint density at radius 1 is 1.69 bits per heavy atom. The quantitative estimate of drug-likeness (QED) is 0.344. The summed E-state index contributed by atoms with van der Waals surface area (Å²) in [5.41, 5.74) is 6.18. The Morgan fingerprint density at radius 2 is 2.31 bits per heavy atom. The van der Waals surface area contributed by atoms with Crippen LogP contribution in [0, 0.1) is 6.92 Å². The molecule has 6 nitrogen and oxygen atoms in total. The Bertz CT molecular complexity index is 411. The molecule has 0 radical (unpaired) electrons. The zero-order chi connectivity index (χ0) is 12.3. The normalized spacial score (nSPS) is 13.6. The van der Waals surface area contributed by atoms with Crippen LogP contribution in [-0.4, -0.2) is 34.9 Å². The predicted octanol–water partition coefficient (Wildman–Crippen LogP) is 0.795. The number of hydrogen-bond donors (Lipinski definition) is 2. The van der Waals surface area contributed by atoms with Crippen molar-refractivity contribution >= 4 is 11.7 Å². The second kappa shape index (κ2) is 4.69. The molecule has 0 saturated heterocycles. The molecule has 1 aromatic rings. The summed E-state index contributed by atoms with van der Waals surface area (Å²) in [5, 5.41) is 11.4. The van der Waals surface area contributed by atoms with Crippen molar-refractivity contribution in [2.45, 2.75) is 19.9 Å². The van der Waals surface area contributed by atoms with Gasteiger partial charge in [0.05, 0.1) is 12.3 Å². The number of oxime groups is 1. The molecule has 1 unspecified atom stereocenters. The lowest BCUT2D eigenvalue weighted by molar-refractivity contribution is 0.0743. The van der Waals surface area contributed by atoms with Gasteiger partial charge in [0.2, 0.25) is 0 Å². The average molecular weight is 225 g/mol. The molecule has 88 valence electrons. The molecule has 0 saturated carbocycles. The van der Waals surface area contributed by atoms with Crippen LogP contribution in [-0.2, 0) is 0 Å². The molecule has 1 atom stereocenters. The second-order valence-corrected chi connectivity index (χ2v) is 3.55. The number of furan rings is 1. The van der Waals surface area contributed by atoms with E-state index in [4.69, 9.17) is 15.4 Å². The van der Waals surface area contributed by atoms with Gasteiger partial charge in [0.25, 0.3) is 5.91 Å². The SMILES string of the molecule is Cc1ccoc1C(=O)N(C)C(C)C(N)=NO. The first kappa shape index (κ1) is 12.1. The van der Waals surface area contributed by atoms with E-state index in [1.165, 1.54) is 11.2 Å². The van der Waals surface area contributed by atoms with Gasteiger partial charge < -0.3 is 20.3 Å². The summed E-state index contributed by atoms with van der Waals surface area (Å²) in [6.07, 6.45) is 1.45. The Labute approximate surface area is 93.3 Å². The Balaban J connectivity index is 2.87. The van der Waals surface area contributed by atoms with Gasteiger partial charge in [0.1, 0.15) is 0 Å². The summed E-state index contributed by atoms with van der Waals surface area (Å²) in [7, 11) is 1.56. The summed E-state index contributed by atoms with van der Waals surface area (Å²) in [6, 6.07) is 1.21. The van der Waals surface area contributed by atoms with Gasteiger partial charge in [-0.15, -0.1) is 0 Å². The Morgan fingerprint density at radius 3 is 2.75 bits per heavy atom. The number of carbonyl (C=O) groups is 1. The van der Waals surface area contributed by atoms with Crippen LogP contribution in [0.1, 0.15) is 23.0 Å². The van der Waals surface area contributed by atoms with E-state index in [-0.39, 0.29) is 17.5 Å². The molecule has 0 aromatic carbocycles. The lowest BCUT2D eigenvalue weighted by Crippen LogP contribution is -2.43. The highest BCUT2D eigenvalue weighted by molar-refractivity contribution is 5.96. The topological polar surface area (TPSA) is 92.1 Å². The van der Waals surface area contributed by atoms with E-state index in [0.29, 0.717) is 0 Å². The molecule has 0 spiro atoms. The van der Waals surface area contributed by atoms with Gasteiger partial charge in [-0.05, 0) is 19.9 Å². The molecule has 0 aliphatic rings. The monoisotopic (exact) mass is 225 g/mol. The Hall–Kier alpha value is -1.98. The van der Waals surface area contributed by atoms with Crippen LogP contribution in [0.2, 0.25) is 0 Å². The first-order valence-corrected chi connectivity index (χ1v) is 4.77. The number of likely N-dealkylation sites (N-methyl/N-ethyl adjacent to an activating group) is 1. The fourth-order valence-corrected chi connectivity index (χ4v) is 1.21. The first-order valence-electron chi connectivity index (χ1n) is 4.77. The largest absolute Gasteiger partial charge is 0.459 e. The van der Waals surface area contributed by atoms with Gasteiger partial charge in [-0.25, -0.2) is 0 Å². The summed E-state index contributed by atoms with van der Waals surface area (Å²) < 4.78 is 5.08. The standard InChI is InChI=1S/C10H15N3O3/c1-6-4-5-16-8(6)10(14)13(3)7(2)9(11)12-15/h4-5,7,15H,1-3H3,(H2,11,12). The molecular formula is C10H15N3O3. The second-order valence-electron chi connectivity index (χ2n) is 3.55. The van der Waals surface area contributed by atoms with Gasteiger partial charge in [-0.3, -0.25) is 4.79 Å². The molecule has 0 aliphatic heterocycles. The summed E-state index contributed by atoms with van der Waals surface area (Å²) in [6.45, 7) is 3.43. The highest BCUT2D eigenvalue weighted by atomic mass is 16.4. The number of carbonyl (C=O) groups excluding carboxylic acids is 1. The first-order chi connectivity index (χ1) is 7.49. The minimum absolute atomic E-state index is 0.0277. The minimum Gasteiger partial charge on any atom is -0.459 e. The van der Waals surface area contributed by atoms with Crippen molar-refractivity contribution < 1.29 is 14.4 Å². The van der Waals surface area contributed by atoms with E-state index in [1.54, 1.807) is 27.0 Å². The van der Waals surface area contributed by atoms with Crippen molar-refractivity contribution in [3.8, 4) is 0 Å². The van der Waals surface area contributed by atoms with Crippen LogP contribution >= 0.6 is 0 Å². The van der Waals surface area contributed by atoms with Crippen molar-refractivity contribution in [1.29, 1.82) is 0 Å². The van der Waals surface area contributed by atoms with Gasteiger partial charge in [-0.1, -0.05) is 5.16 Å². The highest BCUT2D eigenvalue weighted by Gasteiger charge is 2.23. The molecule has 1 amide bonds. The van der Waals surface area contributed by atoms with Crippen LogP contribution in [0.3, 0.4) is 0 Å². The number of nitrogens with zero attached hydrogens (tertiary/aromatic N) is 2. The third-order valence-corrected chi connectivity index (χ3v) is 2.50. The molecule has 1 rings (SSSR count). The van der Waals surface area contributed by atoms with E-state index < -0.39 is 6.04 Å². The third-order valence-electron chi connectivity index (χ3n) is 2.50. The molecule has 1 heterocycles. The van der Waals surface area contributed by atoms with E-state index in [2.05, 4.69) is 5.16 Å². The number of aryl methyl sites for hydroxylation is 1. The fraction of sp³-hybridized carbons (Fsp3) is 0.400. The fourth-order valence-electron chi connectivity index (χ4n) is 1.21. The predicted molar refractivity (Wildman–Crippen MR) is 58.4 cm³/mol. The molecule has 0 bridgehead atoms. The smallest absolute Gasteiger partial charge is 0.290 e. The number of hydrogen-bond acceptors (Lipinski definition) is 4. The summed E-state index contributed by atoms with van der Waals surface area (Å²) in [4.78, 5) is 13.3. The van der Waals surface area contributed by atoms with E-state index in [0.717, 1.165) is 5.56 Å². The molecule has 0 fully saturated rings. The van der Waals surface area contributed by atoms with Crippen LogP contribution in [0.5, 0.6) is 0 Å². The zero-order valence-corrected chi connectivity index (χ0v) is 9.47. The van der Waals surface area contributed by atoms with E-state index >= 15 is 0 Å². The number of rotatable bonds is 3. The maximum absolute atomic E-state index is 11.9. The van der Waals surface area contributed by atoms with Crippen molar-refractivity contribution in [3.63, 3.8) is 0 Å². The van der Waals surface area contributed by atoms with Crippen molar-refractivity contribution in [2.24, 2.45) is 10.9 Å². The lowest BCUT2D eigenvalue weighted by atomic mass is 10.2. The van der Waals surface area contributed by atoms with E-state index in [1.807, 2.05) is 0 Å². The van der Waals surface area contributed by atoms with E-state index in [9.17, 15) is 4.79 Å². The van der Waals surface area contributed by atoms with Crippen LogP contribution in [0.25, 0.3) is 0 Å².